The van der Waals surface area contributed by atoms with E-state index in [-0.39, 0.29) is 4.90 Å². The number of anilines is 1. The zero-order chi connectivity index (χ0) is 15.6. The number of halogens is 1. The van der Waals surface area contributed by atoms with Gasteiger partial charge in [0, 0.05) is 23.8 Å². The highest BCUT2D eigenvalue weighted by Crippen LogP contribution is 2.21. The first-order chi connectivity index (χ1) is 9.80. The number of hydrogen-bond donors (Lipinski definition) is 1. The van der Waals surface area contributed by atoms with Gasteiger partial charge in [-0.05, 0) is 48.4 Å². The molecule has 6 heteroatoms. The summed E-state index contributed by atoms with van der Waals surface area (Å²) in [5.41, 5.74) is 8.01. The third kappa shape index (κ3) is 3.64. The predicted molar refractivity (Wildman–Crippen MR) is 88.4 cm³/mol. The number of hydrogen-bond acceptors (Lipinski definition) is 3. The standard InChI is InChI=1S/C15H17BrN2O2S/c1-11-9-14(7-8-15(11)17)21(19,20)18(2)10-12-3-5-13(16)6-4-12/h3-9H,10,17H2,1-2H3. The molecule has 0 fully saturated rings. The normalized spacial score (nSPS) is 11.8. The maximum atomic E-state index is 12.5. The third-order valence-electron chi connectivity index (χ3n) is 3.27. The molecular weight excluding hydrogens is 352 g/mol. The fourth-order valence-electron chi connectivity index (χ4n) is 1.92. The zero-order valence-electron chi connectivity index (χ0n) is 11.9. The molecule has 0 saturated heterocycles. The zero-order valence-corrected chi connectivity index (χ0v) is 14.3. The fraction of sp³-hybridized carbons (Fsp3) is 0.200. The van der Waals surface area contributed by atoms with Gasteiger partial charge in [0.05, 0.1) is 4.90 Å². The van der Waals surface area contributed by atoms with Crippen LogP contribution in [0.2, 0.25) is 0 Å². The molecule has 2 aromatic carbocycles. The first-order valence-electron chi connectivity index (χ1n) is 6.37. The maximum absolute atomic E-state index is 12.5. The molecule has 0 saturated carbocycles. The minimum Gasteiger partial charge on any atom is -0.399 e. The summed E-state index contributed by atoms with van der Waals surface area (Å²) in [4.78, 5) is 0.258. The summed E-state index contributed by atoms with van der Waals surface area (Å²) in [5.74, 6) is 0. The molecule has 2 aromatic rings. The number of benzene rings is 2. The molecule has 0 bridgehead atoms. The van der Waals surface area contributed by atoms with Crippen LogP contribution in [0.4, 0.5) is 5.69 Å². The van der Waals surface area contributed by atoms with Crippen molar-refractivity contribution in [2.45, 2.75) is 18.4 Å². The van der Waals surface area contributed by atoms with Crippen LogP contribution in [0.1, 0.15) is 11.1 Å². The van der Waals surface area contributed by atoms with Crippen LogP contribution in [-0.2, 0) is 16.6 Å². The fourth-order valence-corrected chi connectivity index (χ4v) is 3.43. The summed E-state index contributed by atoms with van der Waals surface area (Å²) in [6.45, 7) is 2.11. The summed E-state index contributed by atoms with van der Waals surface area (Å²) >= 11 is 3.36. The molecular formula is C15H17BrN2O2S. The van der Waals surface area contributed by atoms with Crippen LogP contribution in [0.3, 0.4) is 0 Å². The SMILES string of the molecule is Cc1cc(S(=O)(=O)N(C)Cc2ccc(Br)cc2)ccc1N. The quantitative estimate of drug-likeness (QED) is 0.842. The van der Waals surface area contributed by atoms with Crippen molar-refractivity contribution in [3.8, 4) is 0 Å². The Morgan fingerprint density at radius 1 is 1.14 bits per heavy atom. The largest absolute Gasteiger partial charge is 0.399 e. The molecule has 0 aromatic heterocycles. The highest BCUT2D eigenvalue weighted by Gasteiger charge is 2.21. The van der Waals surface area contributed by atoms with Crippen molar-refractivity contribution in [3.05, 3.63) is 58.1 Å². The van der Waals surface area contributed by atoms with Crippen LogP contribution in [-0.4, -0.2) is 19.8 Å². The highest BCUT2D eigenvalue weighted by molar-refractivity contribution is 9.10. The topological polar surface area (TPSA) is 63.4 Å². The average Bonchev–Trinajstić information content (AvgIpc) is 2.44. The first kappa shape index (κ1) is 16.0. The smallest absolute Gasteiger partial charge is 0.243 e. The Balaban J connectivity index is 2.25. The predicted octanol–water partition coefficient (Wildman–Crippen LogP) is 3.16. The Bertz CT molecular complexity index is 743. The Labute approximate surface area is 133 Å². The lowest BCUT2D eigenvalue weighted by Gasteiger charge is -2.18. The van der Waals surface area contributed by atoms with Crippen LogP contribution in [0, 0.1) is 6.92 Å². The molecule has 0 radical (unpaired) electrons. The second kappa shape index (κ2) is 6.17. The molecule has 2 N–H and O–H groups in total. The van der Waals surface area contributed by atoms with E-state index in [2.05, 4.69) is 15.9 Å². The molecule has 0 aliphatic heterocycles. The van der Waals surface area contributed by atoms with Gasteiger partial charge in [0.25, 0.3) is 0 Å². The van der Waals surface area contributed by atoms with Crippen molar-refractivity contribution in [1.29, 1.82) is 0 Å². The van der Waals surface area contributed by atoms with E-state index in [0.717, 1.165) is 15.6 Å². The molecule has 2 rings (SSSR count). The van der Waals surface area contributed by atoms with Crippen molar-refractivity contribution in [3.63, 3.8) is 0 Å². The van der Waals surface area contributed by atoms with E-state index >= 15 is 0 Å². The van der Waals surface area contributed by atoms with Gasteiger partial charge in [0.15, 0.2) is 0 Å². The van der Waals surface area contributed by atoms with Gasteiger partial charge in [-0.25, -0.2) is 8.42 Å². The Morgan fingerprint density at radius 3 is 2.33 bits per heavy atom. The maximum Gasteiger partial charge on any atom is 0.243 e. The Morgan fingerprint density at radius 2 is 1.76 bits per heavy atom. The second-order valence-electron chi connectivity index (χ2n) is 4.91. The molecule has 21 heavy (non-hydrogen) atoms. The molecule has 0 atom stereocenters. The number of sulfonamides is 1. The summed E-state index contributed by atoms with van der Waals surface area (Å²) in [5, 5.41) is 0. The Hall–Kier alpha value is -1.37. The van der Waals surface area contributed by atoms with E-state index < -0.39 is 10.0 Å². The Kier molecular flexibility index (Phi) is 4.70. The van der Waals surface area contributed by atoms with Crippen molar-refractivity contribution in [2.75, 3.05) is 12.8 Å². The van der Waals surface area contributed by atoms with Crippen LogP contribution in [0.15, 0.2) is 51.8 Å². The summed E-state index contributed by atoms with van der Waals surface area (Å²) in [7, 11) is -1.95. The minimum absolute atomic E-state index is 0.258. The van der Waals surface area contributed by atoms with E-state index in [9.17, 15) is 8.42 Å². The van der Waals surface area contributed by atoms with E-state index in [0.29, 0.717) is 12.2 Å². The minimum atomic E-state index is -3.52. The van der Waals surface area contributed by atoms with E-state index in [1.165, 1.54) is 10.4 Å². The van der Waals surface area contributed by atoms with E-state index in [1.807, 2.05) is 24.3 Å². The van der Waals surface area contributed by atoms with Gasteiger partial charge < -0.3 is 5.73 Å². The van der Waals surface area contributed by atoms with Gasteiger partial charge in [-0.15, -0.1) is 0 Å². The molecule has 0 unspecified atom stereocenters. The van der Waals surface area contributed by atoms with Gasteiger partial charge in [-0.1, -0.05) is 28.1 Å². The van der Waals surface area contributed by atoms with Gasteiger partial charge in [-0.2, -0.15) is 4.31 Å². The molecule has 112 valence electrons. The number of nitrogens with two attached hydrogens (primary N) is 1. The van der Waals surface area contributed by atoms with Crippen molar-refractivity contribution < 1.29 is 8.42 Å². The number of nitrogens with zero attached hydrogens (tertiary/aromatic N) is 1. The monoisotopic (exact) mass is 368 g/mol. The van der Waals surface area contributed by atoms with Crippen molar-refractivity contribution in [2.24, 2.45) is 0 Å². The summed E-state index contributed by atoms with van der Waals surface area (Å²) in [6.07, 6.45) is 0. The van der Waals surface area contributed by atoms with Gasteiger partial charge in [0.1, 0.15) is 0 Å². The van der Waals surface area contributed by atoms with Crippen molar-refractivity contribution in [1.82, 2.24) is 4.31 Å². The van der Waals surface area contributed by atoms with Crippen LogP contribution in [0.25, 0.3) is 0 Å². The average molecular weight is 369 g/mol. The summed E-state index contributed by atoms with van der Waals surface area (Å²) in [6, 6.07) is 12.3. The molecule has 0 aliphatic rings. The number of rotatable bonds is 4. The van der Waals surface area contributed by atoms with Crippen LogP contribution < -0.4 is 5.73 Å². The lowest BCUT2D eigenvalue weighted by Crippen LogP contribution is -2.26. The van der Waals surface area contributed by atoms with Gasteiger partial charge in [0.2, 0.25) is 10.0 Å². The molecule has 0 amide bonds. The lowest BCUT2D eigenvalue weighted by atomic mass is 10.2. The molecule has 0 spiro atoms. The second-order valence-corrected chi connectivity index (χ2v) is 7.87. The van der Waals surface area contributed by atoms with Gasteiger partial charge >= 0.3 is 0 Å². The third-order valence-corrected chi connectivity index (χ3v) is 5.60. The van der Waals surface area contributed by atoms with Gasteiger partial charge in [-0.3, -0.25) is 0 Å². The highest BCUT2D eigenvalue weighted by atomic mass is 79.9. The van der Waals surface area contributed by atoms with Crippen LogP contribution >= 0.6 is 15.9 Å². The lowest BCUT2D eigenvalue weighted by molar-refractivity contribution is 0.466. The number of nitrogen functional groups attached to an aromatic ring is 1. The van der Waals surface area contributed by atoms with Crippen molar-refractivity contribution >= 4 is 31.6 Å². The van der Waals surface area contributed by atoms with E-state index in [1.54, 1.807) is 26.1 Å². The number of aryl methyl sites for hydroxylation is 1. The first-order valence-corrected chi connectivity index (χ1v) is 8.61. The molecule has 4 nitrogen and oxygen atoms in total. The molecule has 0 heterocycles. The molecule has 0 aliphatic carbocycles. The van der Waals surface area contributed by atoms with Crippen LogP contribution in [0.5, 0.6) is 0 Å². The van der Waals surface area contributed by atoms with E-state index in [4.69, 9.17) is 5.73 Å². The summed E-state index contributed by atoms with van der Waals surface area (Å²) < 4.78 is 27.4.